The fourth-order valence-electron chi connectivity index (χ4n) is 7.57. The lowest BCUT2D eigenvalue weighted by molar-refractivity contribution is -0.120. The number of ketones is 2. The van der Waals surface area contributed by atoms with E-state index in [9.17, 15) is 14.4 Å². The molecular weight excluding hydrogens is 744 g/mol. The van der Waals surface area contributed by atoms with Crippen LogP contribution in [0.2, 0.25) is 0 Å². The molecule has 256 valence electrons. The predicted molar refractivity (Wildman–Crippen MR) is 202 cm³/mol. The van der Waals surface area contributed by atoms with Crippen molar-refractivity contribution in [2.45, 2.75) is 79.6 Å². The second-order valence-corrected chi connectivity index (χ2v) is 17.1. The van der Waals surface area contributed by atoms with E-state index in [1.165, 1.54) is 5.56 Å². The van der Waals surface area contributed by atoms with Crippen molar-refractivity contribution >= 4 is 55.0 Å². The van der Waals surface area contributed by atoms with Gasteiger partial charge in [-0.3, -0.25) is 14.4 Å². The number of hydrogen-bond donors (Lipinski definition) is 1. The first-order valence-corrected chi connectivity index (χ1v) is 18.5. The Morgan fingerprint density at radius 2 is 1.39 bits per heavy atom. The molecule has 6 nitrogen and oxygen atoms in total. The van der Waals surface area contributed by atoms with Crippen molar-refractivity contribution in [3.05, 3.63) is 114 Å². The summed E-state index contributed by atoms with van der Waals surface area (Å²) in [4.78, 5) is 43.7. The zero-order valence-electron chi connectivity index (χ0n) is 29.1. The summed E-state index contributed by atoms with van der Waals surface area (Å²) >= 11 is 7.41. The first-order chi connectivity index (χ1) is 23.1. The number of aryl methyl sites for hydroxylation is 2. The summed E-state index contributed by atoms with van der Waals surface area (Å²) in [5.41, 5.74) is 8.19. The number of Topliss-reactive ketones (excluding diaryl/α,β-unsaturated/α-hetero) is 2. The lowest BCUT2D eigenvalue weighted by Gasteiger charge is -2.49. The first kappa shape index (κ1) is 35.3. The molecule has 6 rings (SSSR count). The van der Waals surface area contributed by atoms with Crippen molar-refractivity contribution in [3.63, 3.8) is 0 Å². The van der Waals surface area contributed by atoms with Crippen LogP contribution in [0.5, 0.6) is 5.75 Å². The number of rotatable bonds is 8. The van der Waals surface area contributed by atoms with E-state index in [-0.39, 0.29) is 34.9 Å². The maximum absolute atomic E-state index is 14.2. The highest BCUT2D eigenvalue weighted by Gasteiger charge is 2.49. The van der Waals surface area contributed by atoms with E-state index in [0.717, 1.165) is 58.5 Å². The van der Waals surface area contributed by atoms with E-state index in [0.29, 0.717) is 39.8 Å². The van der Waals surface area contributed by atoms with Gasteiger partial charge in [-0.05, 0) is 122 Å². The van der Waals surface area contributed by atoms with Crippen molar-refractivity contribution in [1.82, 2.24) is 4.90 Å². The monoisotopic (exact) mass is 786 g/mol. The van der Waals surface area contributed by atoms with E-state index in [1.54, 1.807) is 0 Å². The summed E-state index contributed by atoms with van der Waals surface area (Å²) in [6.45, 7) is 13.2. The Kier molecular flexibility index (Phi) is 9.86. The minimum atomic E-state index is -0.486. The van der Waals surface area contributed by atoms with Crippen LogP contribution >= 0.6 is 31.9 Å². The molecule has 0 fully saturated rings. The molecule has 2 aliphatic carbocycles. The highest BCUT2D eigenvalue weighted by molar-refractivity contribution is 9.11. The number of halogens is 2. The summed E-state index contributed by atoms with van der Waals surface area (Å²) < 4.78 is 7.30. The van der Waals surface area contributed by atoms with Crippen LogP contribution in [0.1, 0.15) is 81.5 Å². The molecule has 0 atom stereocenters. The molecule has 8 heteroatoms. The van der Waals surface area contributed by atoms with Crippen molar-refractivity contribution < 1.29 is 19.1 Å². The average molecular weight is 789 g/mol. The zero-order chi connectivity index (χ0) is 35.2. The molecular formula is C41H44Br2N2O4. The first-order valence-electron chi connectivity index (χ1n) is 17.0. The highest BCUT2D eigenvalue weighted by atomic mass is 79.9. The average Bonchev–Trinajstić information content (AvgIpc) is 3.00. The Morgan fingerprint density at radius 1 is 0.816 bits per heavy atom. The normalized spacial score (nSPS) is 18.7. The third-order valence-electron chi connectivity index (χ3n) is 9.98. The lowest BCUT2D eigenvalue weighted by Crippen LogP contribution is -2.45. The number of ether oxygens (including phenoxy) is 1. The van der Waals surface area contributed by atoms with Gasteiger partial charge in [-0.2, -0.15) is 0 Å². The summed E-state index contributed by atoms with van der Waals surface area (Å²) in [6.07, 6.45) is 3.17. The minimum Gasteiger partial charge on any atom is -0.481 e. The smallest absolute Gasteiger partial charge is 0.262 e. The quantitative estimate of drug-likeness (QED) is 0.246. The Hall–Kier alpha value is -3.49. The van der Waals surface area contributed by atoms with E-state index in [4.69, 9.17) is 4.74 Å². The number of carbonyl (C=O) groups is 3. The van der Waals surface area contributed by atoms with Gasteiger partial charge in [-0.1, -0.05) is 64.1 Å². The number of hydrogen-bond acceptors (Lipinski definition) is 5. The Balaban J connectivity index is 1.37. The second kappa shape index (κ2) is 13.7. The largest absolute Gasteiger partial charge is 0.481 e. The van der Waals surface area contributed by atoms with Crippen LogP contribution in [0.3, 0.4) is 0 Å². The van der Waals surface area contributed by atoms with Gasteiger partial charge in [-0.25, -0.2) is 0 Å². The summed E-state index contributed by atoms with van der Waals surface area (Å²) in [5, 5.41) is 2.91. The van der Waals surface area contributed by atoms with E-state index >= 15 is 0 Å². The van der Waals surface area contributed by atoms with Crippen LogP contribution in [-0.2, 0) is 20.8 Å². The van der Waals surface area contributed by atoms with Crippen molar-refractivity contribution in [2.75, 3.05) is 18.5 Å². The second-order valence-electron chi connectivity index (χ2n) is 15.4. The van der Waals surface area contributed by atoms with Gasteiger partial charge in [0.15, 0.2) is 18.2 Å². The number of allylic oxidation sites excluding steroid dienone is 4. The molecule has 0 saturated heterocycles. The molecule has 1 N–H and O–H groups in total. The fourth-order valence-corrected chi connectivity index (χ4v) is 9.03. The molecule has 0 bridgehead atoms. The molecule has 0 saturated carbocycles. The maximum Gasteiger partial charge on any atom is 0.262 e. The summed E-state index contributed by atoms with van der Waals surface area (Å²) in [7, 11) is 0. The van der Waals surface area contributed by atoms with Gasteiger partial charge in [0.05, 0.1) is 8.95 Å². The number of amides is 1. The minimum absolute atomic E-state index is 0.0979. The van der Waals surface area contributed by atoms with Gasteiger partial charge in [-0.15, -0.1) is 0 Å². The van der Waals surface area contributed by atoms with Gasteiger partial charge < -0.3 is 15.0 Å². The Labute approximate surface area is 306 Å². The number of benzene rings is 3. The van der Waals surface area contributed by atoms with Crippen LogP contribution in [-0.4, -0.2) is 35.5 Å². The van der Waals surface area contributed by atoms with Crippen molar-refractivity contribution in [1.29, 1.82) is 0 Å². The number of nitrogens with zero attached hydrogens (tertiary/aromatic N) is 1. The maximum atomic E-state index is 14.2. The lowest BCUT2D eigenvalue weighted by atomic mass is 9.63. The zero-order valence-corrected chi connectivity index (χ0v) is 32.3. The standard InChI is InChI=1S/C41H44Br2N2O4/c1-24-12-13-28(16-25(24)2)44-35(48)23-49-39-29(42)17-27(18-30(39)43)36-37-31(19-40(3,4)21-33(37)46)45(15-14-26-10-8-7-9-11-26)32-20-41(5,6)22-34(47)38(32)36/h7-13,16-18,36H,14-15,19-23H2,1-6H3,(H,44,48). The van der Waals surface area contributed by atoms with Crippen molar-refractivity contribution in [3.8, 4) is 5.75 Å². The van der Waals surface area contributed by atoms with Crippen LogP contribution in [0.15, 0.2) is 92.1 Å². The summed E-state index contributed by atoms with van der Waals surface area (Å²) in [6, 6.07) is 20.1. The third kappa shape index (κ3) is 7.51. The van der Waals surface area contributed by atoms with E-state index in [1.807, 2.05) is 50.2 Å². The fraction of sp³-hybridized carbons (Fsp3) is 0.390. The van der Waals surface area contributed by atoms with Gasteiger partial charge in [0.1, 0.15) is 5.75 Å². The molecule has 49 heavy (non-hydrogen) atoms. The number of anilines is 1. The van der Waals surface area contributed by atoms with Crippen LogP contribution in [0.25, 0.3) is 0 Å². The van der Waals surface area contributed by atoms with Crippen molar-refractivity contribution in [2.24, 2.45) is 10.8 Å². The molecule has 3 aliphatic rings. The molecule has 1 heterocycles. The van der Waals surface area contributed by atoms with E-state index < -0.39 is 5.92 Å². The Bertz CT molecular complexity index is 1830. The molecule has 3 aromatic rings. The number of nitrogens with one attached hydrogen (secondary N) is 1. The van der Waals surface area contributed by atoms with Crippen LogP contribution in [0, 0.1) is 24.7 Å². The number of carbonyl (C=O) groups excluding carboxylic acids is 3. The molecule has 1 amide bonds. The van der Waals surface area contributed by atoms with Crippen LogP contribution < -0.4 is 10.1 Å². The van der Waals surface area contributed by atoms with Gasteiger partial charge >= 0.3 is 0 Å². The Morgan fingerprint density at radius 3 is 1.94 bits per heavy atom. The van der Waals surface area contributed by atoms with E-state index in [2.05, 4.69) is 94.0 Å². The molecule has 0 unspecified atom stereocenters. The topological polar surface area (TPSA) is 75.7 Å². The van der Waals surface area contributed by atoms with Gasteiger partial charge in [0.2, 0.25) is 0 Å². The third-order valence-corrected chi connectivity index (χ3v) is 11.2. The highest BCUT2D eigenvalue weighted by Crippen LogP contribution is 2.55. The molecule has 0 aromatic heterocycles. The summed E-state index contributed by atoms with van der Waals surface area (Å²) in [5.74, 6) is -0.0827. The molecule has 0 radical (unpaired) electrons. The van der Waals surface area contributed by atoms with Crippen LogP contribution in [0.4, 0.5) is 5.69 Å². The molecule has 1 aliphatic heterocycles. The SMILES string of the molecule is Cc1ccc(NC(=O)COc2c(Br)cc(C3C4=C(CC(C)(C)CC4=O)N(CCc4ccccc4)C4=C3C(=O)CC(C)(C)C4)cc2Br)cc1C. The van der Waals surface area contributed by atoms with Gasteiger partial charge in [0.25, 0.3) is 5.91 Å². The molecule has 3 aromatic carbocycles. The van der Waals surface area contributed by atoms with Gasteiger partial charge in [0, 0.05) is 53.5 Å². The molecule has 0 spiro atoms. The predicted octanol–water partition coefficient (Wildman–Crippen LogP) is 9.77.